The van der Waals surface area contributed by atoms with Crippen LogP contribution in [-0.4, -0.2) is 64.2 Å². The minimum Gasteiger partial charge on any atom is -0.376 e. The van der Waals surface area contributed by atoms with E-state index < -0.39 is 4.92 Å². The number of rotatable bonds is 6. The molecule has 154 valence electrons. The highest BCUT2D eigenvalue weighted by molar-refractivity contribution is 5.92. The van der Waals surface area contributed by atoms with Crippen LogP contribution < -0.4 is 0 Å². The van der Waals surface area contributed by atoms with Crippen molar-refractivity contribution in [2.45, 2.75) is 37.9 Å². The molecule has 2 aliphatic heterocycles. The molecule has 0 bridgehead atoms. The first-order chi connectivity index (χ1) is 14.1. The summed E-state index contributed by atoms with van der Waals surface area (Å²) in [5.74, 6) is 0.318. The SMILES string of the molecule is O=C(c1cnc(-c2cccc([N+](=O)[O-])c2)[nH]1)N1CCC(OC[C@H]2CCCO2)CC1. The van der Waals surface area contributed by atoms with Crippen LogP contribution in [0, 0.1) is 10.1 Å². The van der Waals surface area contributed by atoms with E-state index in [1.165, 1.54) is 18.3 Å². The number of H-pyrrole nitrogens is 1. The molecule has 9 heteroatoms. The molecule has 0 saturated carbocycles. The molecule has 2 fully saturated rings. The number of carbonyl (C=O) groups excluding carboxylic acids is 1. The number of benzene rings is 1. The minimum atomic E-state index is -0.455. The fourth-order valence-corrected chi connectivity index (χ4v) is 3.76. The van der Waals surface area contributed by atoms with E-state index in [2.05, 4.69) is 9.97 Å². The Hall–Kier alpha value is -2.78. The van der Waals surface area contributed by atoms with Crippen molar-refractivity contribution >= 4 is 11.6 Å². The Labute approximate surface area is 168 Å². The summed E-state index contributed by atoms with van der Waals surface area (Å²) in [5, 5.41) is 10.9. The zero-order valence-electron chi connectivity index (χ0n) is 16.1. The number of imidazole rings is 1. The first-order valence-corrected chi connectivity index (χ1v) is 9.92. The van der Waals surface area contributed by atoms with Gasteiger partial charge in [0.2, 0.25) is 0 Å². The highest BCUT2D eigenvalue weighted by Gasteiger charge is 2.26. The quantitative estimate of drug-likeness (QED) is 0.590. The molecule has 1 N–H and O–H groups in total. The van der Waals surface area contributed by atoms with Crippen LogP contribution >= 0.6 is 0 Å². The molecule has 2 aromatic rings. The number of likely N-dealkylation sites (tertiary alicyclic amines) is 1. The van der Waals surface area contributed by atoms with Gasteiger partial charge in [-0.15, -0.1) is 0 Å². The molecule has 1 aromatic carbocycles. The van der Waals surface area contributed by atoms with E-state index in [0.29, 0.717) is 36.8 Å². The fraction of sp³-hybridized carbons (Fsp3) is 0.500. The fourth-order valence-electron chi connectivity index (χ4n) is 3.76. The second-order valence-corrected chi connectivity index (χ2v) is 7.41. The zero-order valence-corrected chi connectivity index (χ0v) is 16.1. The summed E-state index contributed by atoms with van der Waals surface area (Å²) in [7, 11) is 0. The summed E-state index contributed by atoms with van der Waals surface area (Å²) >= 11 is 0. The smallest absolute Gasteiger partial charge is 0.271 e. The van der Waals surface area contributed by atoms with Crippen LogP contribution in [0.3, 0.4) is 0 Å². The number of nitro benzene ring substituents is 1. The maximum Gasteiger partial charge on any atom is 0.271 e. The summed E-state index contributed by atoms with van der Waals surface area (Å²) in [5.41, 5.74) is 0.932. The van der Waals surface area contributed by atoms with Crippen molar-refractivity contribution in [2.75, 3.05) is 26.3 Å². The largest absolute Gasteiger partial charge is 0.376 e. The molecule has 3 heterocycles. The van der Waals surface area contributed by atoms with Gasteiger partial charge in [0.05, 0.1) is 29.9 Å². The Bertz CT molecular complexity index is 869. The van der Waals surface area contributed by atoms with E-state index in [4.69, 9.17) is 9.47 Å². The van der Waals surface area contributed by atoms with E-state index >= 15 is 0 Å². The van der Waals surface area contributed by atoms with Crippen molar-refractivity contribution in [1.82, 2.24) is 14.9 Å². The molecule has 9 nitrogen and oxygen atoms in total. The summed E-state index contributed by atoms with van der Waals surface area (Å²) < 4.78 is 11.5. The first-order valence-electron chi connectivity index (χ1n) is 9.92. The molecule has 0 spiro atoms. The lowest BCUT2D eigenvalue weighted by Crippen LogP contribution is -2.41. The van der Waals surface area contributed by atoms with Gasteiger partial charge in [-0.2, -0.15) is 0 Å². The van der Waals surface area contributed by atoms with E-state index in [1.807, 2.05) is 0 Å². The number of non-ortho nitro benzene ring substituents is 1. The monoisotopic (exact) mass is 400 g/mol. The van der Waals surface area contributed by atoms with Gasteiger partial charge in [0.15, 0.2) is 0 Å². The van der Waals surface area contributed by atoms with Crippen LogP contribution in [0.2, 0.25) is 0 Å². The highest BCUT2D eigenvalue weighted by atomic mass is 16.6. The van der Waals surface area contributed by atoms with Crippen LogP contribution in [0.1, 0.15) is 36.2 Å². The van der Waals surface area contributed by atoms with Gasteiger partial charge >= 0.3 is 0 Å². The number of hydrogen-bond acceptors (Lipinski definition) is 6. The number of piperidine rings is 1. The standard InChI is InChI=1S/C20H24N4O5/c25-20(23-8-6-16(7-9-23)29-13-17-5-2-10-28-17)18-12-21-19(22-18)14-3-1-4-15(11-14)24(26)27/h1,3-4,11-12,16-17H,2,5-10,13H2,(H,21,22)/t17-/m1/s1. The molecule has 1 atom stereocenters. The molecule has 0 radical (unpaired) electrons. The number of ether oxygens (including phenoxy) is 2. The van der Waals surface area contributed by atoms with Gasteiger partial charge in [-0.25, -0.2) is 4.98 Å². The van der Waals surface area contributed by atoms with E-state index in [-0.39, 0.29) is 23.8 Å². The Kier molecular flexibility index (Phi) is 5.86. The van der Waals surface area contributed by atoms with Crippen LogP contribution in [0.25, 0.3) is 11.4 Å². The van der Waals surface area contributed by atoms with E-state index in [9.17, 15) is 14.9 Å². The van der Waals surface area contributed by atoms with Crippen molar-refractivity contribution in [1.29, 1.82) is 0 Å². The maximum absolute atomic E-state index is 12.8. The Morgan fingerprint density at radius 1 is 1.34 bits per heavy atom. The van der Waals surface area contributed by atoms with Gasteiger partial charge in [0, 0.05) is 37.4 Å². The molecule has 0 aliphatic carbocycles. The molecule has 1 amide bonds. The topological polar surface area (TPSA) is 111 Å². The first kappa shape index (κ1) is 19.5. The Morgan fingerprint density at radius 3 is 2.90 bits per heavy atom. The van der Waals surface area contributed by atoms with Gasteiger partial charge in [-0.3, -0.25) is 14.9 Å². The third-order valence-electron chi connectivity index (χ3n) is 5.41. The number of aromatic amines is 1. The van der Waals surface area contributed by atoms with Crippen LogP contribution in [0.4, 0.5) is 5.69 Å². The lowest BCUT2D eigenvalue weighted by atomic mass is 10.1. The molecular weight excluding hydrogens is 376 g/mol. The van der Waals surface area contributed by atoms with Gasteiger partial charge in [0.1, 0.15) is 11.5 Å². The molecule has 4 rings (SSSR count). The predicted octanol–water partition coefficient (Wildman–Crippen LogP) is 2.79. The number of nitrogens with one attached hydrogen (secondary N) is 1. The average Bonchev–Trinajstić information content (AvgIpc) is 3.44. The van der Waals surface area contributed by atoms with E-state index in [1.54, 1.807) is 17.0 Å². The summed E-state index contributed by atoms with van der Waals surface area (Å²) in [6.45, 7) is 2.70. The van der Waals surface area contributed by atoms with Gasteiger partial charge in [-0.05, 0) is 25.7 Å². The molecule has 29 heavy (non-hydrogen) atoms. The summed E-state index contributed by atoms with van der Waals surface area (Å²) in [6.07, 6.45) is 5.61. The normalized spacial score (nSPS) is 20.1. The summed E-state index contributed by atoms with van der Waals surface area (Å²) in [4.78, 5) is 32.3. The van der Waals surface area contributed by atoms with Crippen molar-refractivity contribution in [2.24, 2.45) is 0 Å². The summed E-state index contributed by atoms with van der Waals surface area (Å²) in [6, 6.07) is 6.17. The number of hydrogen-bond donors (Lipinski definition) is 1. The van der Waals surface area contributed by atoms with E-state index in [0.717, 1.165) is 32.3 Å². The van der Waals surface area contributed by atoms with Gasteiger partial charge < -0.3 is 19.4 Å². The third-order valence-corrected chi connectivity index (χ3v) is 5.41. The van der Waals surface area contributed by atoms with Crippen LogP contribution in [0.5, 0.6) is 0 Å². The lowest BCUT2D eigenvalue weighted by Gasteiger charge is -2.32. The van der Waals surface area contributed by atoms with Crippen LogP contribution in [0.15, 0.2) is 30.5 Å². The lowest BCUT2D eigenvalue weighted by molar-refractivity contribution is -0.384. The van der Waals surface area contributed by atoms with Crippen molar-refractivity contribution in [3.8, 4) is 11.4 Å². The van der Waals surface area contributed by atoms with Gasteiger partial charge in [-0.1, -0.05) is 12.1 Å². The number of nitro groups is 1. The molecule has 1 aromatic heterocycles. The molecule has 2 aliphatic rings. The zero-order chi connectivity index (χ0) is 20.2. The number of aromatic nitrogens is 2. The van der Waals surface area contributed by atoms with Crippen molar-refractivity contribution in [3.63, 3.8) is 0 Å². The van der Waals surface area contributed by atoms with Crippen LogP contribution in [-0.2, 0) is 9.47 Å². The third kappa shape index (κ3) is 4.63. The maximum atomic E-state index is 12.8. The second-order valence-electron chi connectivity index (χ2n) is 7.41. The Morgan fingerprint density at radius 2 is 2.17 bits per heavy atom. The highest BCUT2D eigenvalue weighted by Crippen LogP contribution is 2.23. The number of nitrogens with zero attached hydrogens (tertiary/aromatic N) is 3. The molecule has 2 saturated heterocycles. The number of carbonyl (C=O) groups is 1. The van der Waals surface area contributed by atoms with Crippen molar-refractivity contribution in [3.05, 3.63) is 46.3 Å². The number of amides is 1. The molecule has 0 unspecified atom stereocenters. The van der Waals surface area contributed by atoms with Crippen molar-refractivity contribution < 1.29 is 19.2 Å². The molecular formula is C20H24N4O5. The predicted molar refractivity (Wildman–Crippen MR) is 105 cm³/mol. The van der Waals surface area contributed by atoms with Gasteiger partial charge in [0.25, 0.3) is 11.6 Å². The second kappa shape index (κ2) is 8.71. The average molecular weight is 400 g/mol. The Balaban J connectivity index is 1.32. The minimum absolute atomic E-state index is 0.0168.